The molecule has 3 rings (SSSR count). The molecule has 0 radical (unpaired) electrons. The summed E-state index contributed by atoms with van der Waals surface area (Å²) in [6, 6.07) is 7.89. The molecule has 1 aromatic rings. The normalized spacial score (nSPS) is 17.4. The van der Waals surface area contributed by atoms with E-state index in [1.165, 1.54) is 11.8 Å². The lowest BCUT2D eigenvalue weighted by Gasteiger charge is -2.35. The van der Waals surface area contributed by atoms with Crippen molar-refractivity contribution in [2.75, 3.05) is 54.4 Å². The maximum atomic E-state index is 12.0. The number of rotatable bonds is 4. The van der Waals surface area contributed by atoms with Crippen LogP contribution in [0.5, 0.6) is 0 Å². The third kappa shape index (κ3) is 5.15. The molecule has 6 nitrogen and oxygen atoms in total. The number of hydrogen-bond donors (Lipinski definition) is 1. The van der Waals surface area contributed by atoms with Gasteiger partial charge in [0.05, 0.1) is 12.3 Å². The van der Waals surface area contributed by atoms with Crippen molar-refractivity contribution >= 4 is 51.1 Å². The summed E-state index contributed by atoms with van der Waals surface area (Å²) in [5.41, 5.74) is 1.92. The first kappa shape index (κ1) is 18.1. The Balaban J connectivity index is 1.47. The highest BCUT2D eigenvalue weighted by Gasteiger charge is 2.18. The summed E-state index contributed by atoms with van der Waals surface area (Å²) in [7, 11) is 0. The fourth-order valence-corrected chi connectivity index (χ4v) is 4.57. The molecule has 0 spiro atoms. The lowest BCUT2D eigenvalue weighted by atomic mass is 10.2. The van der Waals surface area contributed by atoms with Crippen LogP contribution < -0.4 is 10.2 Å². The minimum atomic E-state index is -0.0111. The second-order valence-electron chi connectivity index (χ2n) is 5.87. The van der Waals surface area contributed by atoms with Gasteiger partial charge in [-0.3, -0.25) is 14.6 Å². The number of hydrogen-bond acceptors (Lipinski definition) is 6. The molecule has 0 unspecified atom stereocenters. The van der Waals surface area contributed by atoms with Crippen LogP contribution in [0.3, 0.4) is 0 Å². The van der Waals surface area contributed by atoms with E-state index < -0.39 is 0 Å². The lowest BCUT2D eigenvalue weighted by Crippen LogP contribution is -2.48. The van der Waals surface area contributed by atoms with Crippen molar-refractivity contribution in [3.8, 4) is 0 Å². The molecule has 1 fully saturated rings. The average Bonchev–Trinajstić information content (AvgIpc) is 3.14. The molecule has 134 valence electrons. The van der Waals surface area contributed by atoms with Crippen LogP contribution in [-0.4, -0.2) is 65.3 Å². The molecule has 0 aromatic heterocycles. The molecule has 25 heavy (non-hydrogen) atoms. The molecule has 1 aromatic carbocycles. The van der Waals surface area contributed by atoms with Crippen LogP contribution in [0.4, 0.5) is 11.4 Å². The molecule has 0 bridgehead atoms. The monoisotopic (exact) mass is 378 g/mol. The topological polar surface area (TPSA) is 65.0 Å². The van der Waals surface area contributed by atoms with E-state index in [0.29, 0.717) is 5.75 Å². The number of nitrogens with one attached hydrogen (secondary N) is 1. The summed E-state index contributed by atoms with van der Waals surface area (Å²) >= 11 is 3.21. The first-order valence-corrected chi connectivity index (χ1v) is 10.3. The van der Waals surface area contributed by atoms with E-state index in [1.54, 1.807) is 18.7 Å². The maximum Gasteiger partial charge on any atom is 0.234 e. The van der Waals surface area contributed by atoms with Gasteiger partial charge >= 0.3 is 0 Å². The van der Waals surface area contributed by atoms with Crippen molar-refractivity contribution in [3.63, 3.8) is 0 Å². The van der Waals surface area contributed by atoms with Gasteiger partial charge in [0.2, 0.25) is 11.8 Å². The molecule has 2 heterocycles. The van der Waals surface area contributed by atoms with Gasteiger partial charge in [-0.25, -0.2) is 0 Å². The number of carbonyl (C=O) groups excluding carboxylic acids is 2. The lowest BCUT2D eigenvalue weighted by molar-refractivity contribution is -0.129. The molecule has 0 aliphatic carbocycles. The Hall–Kier alpha value is -1.67. The highest BCUT2D eigenvalue weighted by Crippen LogP contribution is 2.23. The van der Waals surface area contributed by atoms with E-state index in [-0.39, 0.29) is 11.8 Å². The van der Waals surface area contributed by atoms with Crippen molar-refractivity contribution in [3.05, 3.63) is 24.3 Å². The first-order valence-electron chi connectivity index (χ1n) is 8.32. The van der Waals surface area contributed by atoms with Crippen LogP contribution in [0, 0.1) is 0 Å². The molecule has 2 aliphatic heterocycles. The highest BCUT2D eigenvalue weighted by molar-refractivity contribution is 8.39. The molecule has 0 atom stereocenters. The van der Waals surface area contributed by atoms with E-state index >= 15 is 0 Å². The van der Waals surface area contributed by atoms with E-state index in [0.717, 1.165) is 54.2 Å². The van der Waals surface area contributed by atoms with Crippen molar-refractivity contribution in [1.29, 1.82) is 0 Å². The number of carbonyl (C=O) groups is 2. The van der Waals surface area contributed by atoms with Crippen LogP contribution in [-0.2, 0) is 9.59 Å². The van der Waals surface area contributed by atoms with Gasteiger partial charge in [0.25, 0.3) is 0 Å². The third-order valence-corrected chi connectivity index (χ3v) is 6.38. The fourth-order valence-electron chi connectivity index (χ4n) is 2.76. The molecule has 1 saturated heterocycles. The maximum absolute atomic E-state index is 12.0. The van der Waals surface area contributed by atoms with Gasteiger partial charge in [-0.15, -0.1) is 0 Å². The van der Waals surface area contributed by atoms with Gasteiger partial charge in [-0.05, 0) is 24.3 Å². The van der Waals surface area contributed by atoms with Crippen LogP contribution in [0.25, 0.3) is 0 Å². The predicted octanol–water partition coefficient (Wildman–Crippen LogP) is 2.13. The second-order valence-corrected chi connectivity index (χ2v) is 8.18. The molecule has 0 saturated carbocycles. The second kappa shape index (κ2) is 8.62. The Morgan fingerprint density at radius 1 is 1.20 bits per heavy atom. The molecular weight excluding hydrogens is 356 g/mol. The Kier molecular flexibility index (Phi) is 6.25. The molecular formula is C17H22N4O2S2. The summed E-state index contributed by atoms with van der Waals surface area (Å²) in [4.78, 5) is 31.9. The van der Waals surface area contributed by atoms with Crippen LogP contribution in [0.1, 0.15) is 6.92 Å². The van der Waals surface area contributed by atoms with Crippen LogP contribution >= 0.6 is 23.5 Å². The minimum absolute atomic E-state index is 0.0111. The zero-order valence-corrected chi connectivity index (χ0v) is 15.9. The summed E-state index contributed by atoms with van der Waals surface area (Å²) < 4.78 is 1.01. The number of benzene rings is 1. The summed E-state index contributed by atoms with van der Waals surface area (Å²) in [6.07, 6.45) is 0. The SMILES string of the molecule is CC(=O)N1CCN(c2ccc(NC(=O)CSC3=NCCS3)cc2)CC1. The van der Waals surface area contributed by atoms with E-state index in [4.69, 9.17) is 0 Å². The van der Waals surface area contributed by atoms with Crippen molar-refractivity contribution in [2.45, 2.75) is 6.92 Å². The van der Waals surface area contributed by atoms with Gasteiger partial charge < -0.3 is 15.1 Å². The number of aliphatic imine (C=N–C) groups is 1. The average molecular weight is 379 g/mol. The number of thioether (sulfide) groups is 2. The van der Waals surface area contributed by atoms with Gasteiger partial charge in [-0.1, -0.05) is 23.5 Å². The third-order valence-electron chi connectivity index (χ3n) is 4.13. The number of amides is 2. The van der Waals surface area contributed by atoms with Crippen LogP contribution in [0.15, 0.2) is 29.3 Å². The van der Waals surface area contributed by atoms with Gasteiger partial charge in [0.1, 0.15) is 4.38 Å². The number of anilines is 2. The standard InChI is InChI=1S/C17H22N4O2S2/c1-13(22)20-7-9-21(10-8-20)15-4-2-14(3-5-15)19-16(23)12-25-17-18-6-11-24-17/h2-5H,6-12H2,1H3,(H,19,23). The molecule has 1 N–H and O–H groups in total. The Labute approximate surface area is 156 Å². The molecule has 8 heteroatoms. The summed E-state index contributed by atoms with van der Waals surface area (Å²) in [6.45, 7) is 5.66. The van der Waals surface area contributed by atoms with Crippen molar-refractivity contribution in [2.24, 2.45) is 4.99 Å². The first-order chi connectivity index (χ1) is 12.1. The van der Waals surface area contributed by atoms with Crippen molar-refractivity contribution < 1.29 is 9.59 Å². The predicted molar refractivity (Wildman–Crippen MR) is 107 cm³/mol. The van der Waals surface area contributed by atoms with Gasteiger partial charge in [0.15, 0.2) is 0 Å². The number of nitrogens with zero attached hydrogens (tertiary/aromatic N) is 3. The minimum Gasteiger partial charge on any atom is -0.368 e. The van der Waals surface area contributed by atoms with Crippen LogP contribution in [0.2, 0.25) is 0 Å². The fraction of sp³-hybridized carbons (Fsp3) is 0.471. The zero-order valence-electron chi connectivity index (χ0n) is 14.2. The van der Waals surface area contributed by atoms with E-state index in [9.17, 15) is 9.59 Å². The molecule has 2 amide bonds. The van der Waals surface area contributed by atoms with Gasteiger partial charge in [0, 0.05) is 50.2 Å². The van der Waals surface area contributed by atoms with Crippen molar-refractivity contribution in [1.82, 2.24) is 4.90 Å². The summed E-state index contributed by atoms with van der Waals surface area (Å²) in [5.74, 6) is 1.53. The van der Waals surface area contributed by atoms with E-state index in [1.807, 2.05) is 29.2 Å². The Morgan fingerprint density at radius 2 is 1.92 bits per heavy atom. The smallest absolute Gasteiger partial charge is 0.234 e. The highest BCUT2D eigenvalue weighted by atomic mass is 32.2. The molecule has 2 aliphatic rings. The summed E-state index contributed by atoms with van der Waals surface area (Å²) in [5, 5.41) is 2.92. The Bertz CT molecular complexity index is 655. The number of piperazine rings is 1. The Morgan fingerprint density at radius 3 is 2.52 bits per heavy atom. The largest absolute Gasteiger partial charge is 0.368 e. The van der Waals surface area contributed by atoms with Gasteiger partial charge in [-0.2, -0.15) is 0 Å². The quantitative estimate of drug-likeness (QED) is 0.870. The zero-order chi connectivity index (χ0) is 17.6. The van der Waals surface area contributed by atoms with E-state index in [2.05, 4.69) is 15.2 Å².